The van der Waals surface area contributed by atoms with Gasteiger partial charge in [-0.1, -0.05) is 24.3 Å². The van der Waals surface area contributed by atoms with Crippen molar-refractivity contribution >= 4 is 11.9 Å². The number of hydrogen-bond donors (Lipinski definition) is 2. The van der Waals surface area contributed by atoms with E-state index in [4.69, 9.17) is 15.6 Å². The second-order valence-corrected chi connectivity index (χ2v) is 3.95. The first-order valence-electron chi connectivity index (χ1n) is 5.74. The van der Waals surface area contributed by atoms with Crippen LogP contribution in [0.5, 0.6) is 0 Å². The van der Waals surface area contributed by atoms with E-state index < -0.39 is 18.0 Å². The number of benzene rings is 1. The van der Waals surface area contributed by atoms with Crippen LogP contribution in [0.2, 0.25) is 0 Å². The summed E-state index contributed by atoms with van der Waals surface area (Å²) in [6.45, 7) is 2.04. The standard InChI is InChI=1S/C13H17NO4/c1-2-18-13(17)11(14)7-9-3-5-10(6-4-9)8-12(15)16/h3-6,11H,2,7-8,14H2,1H3,(H,15,16). The van der Waals surface area contributed by atoms with Gasteiger partial charge >= 0.3 is 11.9 Å². The Morgan fingerprint density at radius 1 is 1.28 bits per heavy atom. The summed E-state index contributed by atoms with van der Waals surface area (Å²) in [6, 6.07) is 6.31. The fourth-order valence-corrected chi connectivity index (χ4v) is 1.55. The van der Waals surface area contributed by atoms with Crippen LogP contribution in [0.4, 0.5) is 0 Å². The van der Waals surface area contributed by atoms with Gasteiger partial charge in [0.2, 0.25) is 0 Å². The van der Waals surface area contributed by atoms with Gasteiger partial charge in [-0.25, -0.2) is 0 Å². The summed E-state index contributed by atoms with van der Waals surface area (Å²) in [4.78, 5) is 21.8. The molecular formula is C13H17NO4. The van der Waals surface area contributed by atoms with Crippen molar-refractivity contribution in [3.05, 3.63) is 35.4 Å². The molecule has 0 heterocycles. The highest BCUT2D eigenvalue weighted by molar-refractivity contribution is 5.75. The lowest BCUT2D eigenvalue weighted by molar-refractivity contribution is -0.144. The van der Waals surface area contributed by atoms with Crippen LogP contribution >= 0.6 is 0 Å². The molecule has 0 bridgehead atoms. The Kier molecular flexibility index (Phi) is 5.32. The number of aliphatic carboxylic acids is 1. The van der Waals surface area contributed by atoms with Crippen LogP contribution in [0, 0.1) is 0 Å². The molecule has 3 N–H and O–H groups in total. The van der Waals surface area contributed by atoms with E-state index in [0.29, 0.717) is 13.0 Å². The Hall–Kier alpha value is -1.88. The SMILES string of the molecule is CCOC(=O)C(N)Cc1ccc(CC(=O)O)cc1. The van der Waals surface area contributed by atoms with Crippen molar-refractivity contribution in [2.45, 2.75) is 25.8 Å². The molecule has 0 saturated heterocycles. The molecule has 1 atom stereocenters. The van der Waals surface area contributed by atoms with Crippen LogP contribution in [-0.2, 0) is 27.2 Å². The van der Waals surface area contributed by atoms with Crippen molar-refractivity contribution in [3.8, 4) is 0 Å². The minimum Gasteiger partial charge on any atom is -0.481 e. The predicted molar refractivity (Wildman–Crippen MR) is 66.1 cm³/mol. The van der Waals surface area contributed by atoms with Crippen molar-refractivity contribution < 1.29 is 19.4 Å². The van der Waals surface area contributed by atoms with Gasteiger partial charge in [0, 0.05) is 0 Å². The van der Waals surface area contributed by atoms with Crippen LogP contribution in [0.1, 0.15) is 18.1 Å². The largest absolute Gasteiger partial charge is 0.481 e. The topological polar surface area (TPSA) is 89.6 Å². The molecule has 0 aromatic heterocycles. The molecule has 0 aliphatic rings. The highest BCUT2D eigenvalue weighted by Gasteiger charge is 2.14. The number of esters is 1. The number of rotatable bonds is 6. The summed E-state index contributed by atoms with van der Waals surface area (Å²) >= 11 is 0. The second kappa shape index (κ2) is 6.76. The molecule has 1 aromatic carbocycles. The maximum absolute atomic E-state index is 11.3. The Bertz CT molecular complexity index is 414. The van der Waals surface area contributed by atoms with Gasteiger partial charge in [0.1, 0.15) is 6.04 Å². The first-order chi connectivity index (χ1) is 8.52. The summed E-state index contributed by atoms with van der Waals surface area (Å²) in [5.74, 6) is -1.29. The van der Waals surface area contributed by atoms with Gasteiger partial charge < -0.3 is 15.6 Å². The number of carboxylic acids is 1. The van der Waals surface area contributed by atoms with E-state index in [1.54, 1.807) is 31.2 Å². The third kappa shape index (κ3) is 4.55. The van der Waals surface area contributed by atoms with Crippen molar-refractivity contribution in [2.75, 3.05) is 6.61 Å². The van der Waals surface area contributed by atoms with Gasteiger partial charge in [0.05, 0.1) is 13.0 Å². The zero-order valence-electron chi connectivity index (χ0n) is 10.3. The lowest BCUT2D eigenvalue weighted by Gasteiger charge is -2.10. The summed E-state index contributed by atoms with van der Waals surface area (Å²) in [5, 5.41) is 8.63. The Balaban J connectivity index is 2.58. The first-order valence-corrected chi connectivity index (χ1v) is 5.74. The first kappa shape index (κ1) is 14.2. The molecule has 18 heavy (non-hydrogen) atoms. The average Bonchev–Trinajstić information content (AvgIpc) is 2.31. The summed E-state index contributed by atoms with van der Waals surface area (Å²) in [7, 11) is 0. The van der Waals surface area contributed by atoms with E-state index in [-0.39, 0.29) is 6.42 Å². The van der Waals surface area contributed by atoms with Gasteiger partial charge in [0.15, 0.2) is 0 Å². The number of nitrogens with two attached hydrogens (primary N) is 1. The summed E-state index contributed by atoms with van der Waals surface area (Å²) in [5.41, 5.74) is 7.28. The summed E-state index contributed by atoms with van der Waals surface area (Å²) < 4.78 is 4.81. The van der Waals surface area contributed by atoms with E-state index in [9.17, 15) is 9.59 Å². The van der Waals surface area contributed by atoms with Crippen LogP contribution in [-0.4, -0.2) is 29.7 Å². The van der Waals surface area contributed by atoms with Gasteiger partial charge in [0.25, 0.3) is 0 Å². The van der Waals surface area contributed by atoms with E-state index in [0.717, 1.165) is 11.1 Å². The molecule has 1 unspecified atom stereocenters. The molecule has 0 saturated carbocycles. The second-order valence-electron chi connectivity index (χ2n) is 3.95. The minimum atomic E-state index is -0.869. The lowest BCUT2D eigenvalue weighted by Crippen LogP contribution is -2.34. The molecule has 0 radical (unpaired) electrons. The molecule has 0 spiro atoms. The van der Waals surface area contributed by atoms with Crippen LogP contribution in [0.25, 0.3) is 0 Å². The smallest absolute Gasteiger partial charge is 0.323 e. The van der Waals surface area contributed by atoms with Crippen molar-refractivity contribution in [1.82, 2.24) is 0 Å². The molecule has 5 nitrogen and oxygen atoms in total. The molecular weight excluding hydrogens is 234 g/mol. The van der Waals surface area contributed by atoms with Crippen molar-refractivity contribution in [1.29, 1.82) is 0 Å². The Morgan fingerprint density at radius 3 is 2.33 bits per heavy atom. The summed E-state index contributed by atoms with van der Waals surface area (Å²) in [6.07, 6.45) is 0.371. The highest BCUT2D eigenvalue weighted by Crippen LogP contribution is 2.08. The Morgan fingerprint density at radius 2 is 1.83 bits per heavy atom. The van der Waals surface area contributed by atoms with Crippen LogP contribution < -0.4 is 5.73 Å². The van der Waals surface area contributed by atoms with Gasteiger partial charge in [-0.05, 0) is 24.5 Å². The Labute approximate surface area is 106 Å². The third-order valence-corrected chi connectivity index (χ3v) is 2.42. The van der Waals surface area contributed by atoms with E-state index in [1.165, 1.54) is 0 Å². The van der Waals surface area contributed by atoms with E-state index >= 15 is 0 Å². The lowest BCUT2D eigenvalue weighted by atomic mass is 10.0. The maximum Gasteiger partial charge on any atom is 0.323 e. The molecule has 0 amide bonds. The fourth-order valence-electron chi connectivity index (χ4n) is 1.55. The maximum atomic E-state index is 11.3. The zero-order chi connectivity index (χ0) is 13.5. The number of carbonyl (C=O) groups is 2. The highest BCUT2D eigenvalue weighted by atomic mass is 16.5. The van der Waals surface area contributed by atoms with Crippen molar-refractivity contribution in [3.63, 3.8) is 0 Å². The van der Waals surface area contributed by atoms with E-state index in [2.05, 4.69) is 0 Å². The van der Waals surface area contributed by atoms with Gasteiger partial charge in [-0.3, -0.25) is 9.59 Å². The number of hydrogen-bond acceptors (Lipinski definition) is 4. The quantitative estimate of drug-likeness (QED) is 0.728. The van der Waals surface area contributed by atoms with Crippen LogP contribution in [0.15, 0.2) is 24.3 Å². The molecule has 0 fully saturated rings. The van der Waals surface area contributed by atoms with Crippen molar-refractivity contribution in [2.24, 2.45) is 5.73 Å². The van der Waals surface area contributed by atoms with Crippen LogP contribution in [0.3, 0.4) is 0 Å². The molecule has 0 aliphatic carbocycles. The monoisotopic (exact) mass is 251 g/mol. The molecule has 5 heteroatoms. The molecule has 98 valence electrons. The fraction of sp³-hybridized carbons (Fsp3) is 0.385. The van der Waals surface area contributed by atoms with E-state index in [1.807, 2.05) is 0 Å². The number of carbonyl (C=O) groups excluding carboxylic acids is 1. The number of ether oxygens (including phenoxy) is 1. The molecule has 1 aromatic rings. The van der Waals surface area contributed by atoms with Gasteiger partial charge in [-0.2, -0.15) is 0 Å². The minimum absolute atomic E-state index is 0.00971. The van der Waals surface area contributed by atoms with Gasteiger partial charge in [-0.15, -0.1) is 0 Å². The predicted octanol–water partition coefficient (Wildman–Crippen LogP) is 0.747. The zero-order valence-corrected chi connectivity index (χ0v) is 10.3. The normalized spacial score (nSPS) is 11.9. The average molecular weight is 251 g/mol. The molecule has 1 rings (SSSR count). The third-order valence-electron chi connectivity index (χ3n) is 2.42. The molecule has 0 aliphatic heterocycles. The number of carboxylic acid groups (broad SMARTS) is 1.